The molecule has 2 aromatic carbocycles. The van der Waals surface area contributed by atoms with Crippen LogP contribution in [0.5, 0.6) is 5.75 Å². The minimum Gasteiger partial charge on any atom is -0.494 e. The first kappa shape index (κ1) is 25.4. The maximum absolute atomic E-state index is 10.7. The number of hydrogen-bond donors (Lipinski definition) is 4. The van der Waals surface area contributed by atoms with Crippen LogP contribution in [0.4, 0.5) is 11.8 Å². The topological polar surface area (TPSA) is 112 Å². The Morgan fingerprint density at radius 1 is 1.08 bits per heavy atom. The monoisotopic (exact) mass is 519 g/mol. The van der Waals surface area contributed by atoms with E-state index in [1.165, 1.54) is 5.56 Å². The molecule has 4 atom stereocenters. The number of benzene rings is 2. The highest BCUT2D eigenvalue weighted by molar-refractivity contribution is 7.21. The van der Waals surface area contributed by atoms with Crippen LogP contribution in [-0.2, 0) is 0 Å². The molecule has 194 valence electrons. The normalized spacial score (nSPS) is 20.2. The molecule has 0 saturated heterocycles. The number of nitrogens with one attached hydrogen (secondary N) is 2. The van der Waals surface area contributed by atoms with Crippen molar-refractivity contribution in [2.45, 2.75) is 51.8 Å². The minimum atomic E-state index is -0.571. The first-order chi connectivity index (χ1) is 17.9. The summed E-state index contributed by atoms with van der Waals surface area (Å²) in [6, 6.07) is 14.0. The van der Waals surface area contributed by atoms with E-state index in [9.17, 15) is 10.2 Å². The number of thiazole rings is 1. The van der Waals surface area contributed by atoms with E-state index in [0.717, 1.165) is 37.8 Å². The summed E-state index contributed by atoms with van der Waals surface area (Å²) in [6.45, 7) is 6.16. The lowest BCUT2D eigenvalue weighted by Gasteiger charge is -2.21. The van der Waals surface area contributed by atoms with Gasteiger partial charge in [-0.05, 0) is 57.2 Å². The van der Waals surface area contributed by atoms with Crippen molar-refractivity contribution in [2.24, 2.45) is 5.92 Å². The van der Waals surface area contributed by atoms with Gasteiger partial charge in [0.2, 0.25) is 5.95 Å². The Morgan fingerprint density at radius 3 is 2.57 bits per heavy atom. The average Bonchev–Trinajstić information content (AvgIpc) is 3.47. The van der Waals surface area contributed by atoms with Gasteiger partial charge >= 0.3 is 0 Å². The summed E-state index contributed by atoms with van der Waals surface area (Å²) in [5, 5.41) is 28.0. The second-order valence-corrected chi connectivity index (χ2v) is 10.8. The first-order valence-corrected chi connectivity index (χ1v) is 13.4. The summed E-state index contributed by atoms with van der Waals surface area (Å²) in [5.41, 5.74) is 4.73. The van der Waals surface area contributed by atoms with Crippen LogP contribution in [0.2, 0.25) is 0 Å². The highest BCUT2D eigenvalue weighted by atomic mass is 32.1. The standard InChI is InChI=1S/C28H33N5O3S/c1-15-8-10-19(11-9-15)16(2)29-28-30-17(3)24(26(33-28)31-20-12-18(14-34)13-21(20)35)27-32-25-22(36-4)6-5-7-23(25)37-27/h5-11,16,18,20-21,34-35H,12-14H2,1-4H3,(H2,29,30,31,33)/t16-,18+,20-,21-/m1/s1. The molecule has 4 aromatic rings. The van der Waals surface area contributed by atoms with Gasteiger partial charge in [0.05, 0.1) is 41.3 Å². The zero-order chi connectivity index (χ0) is 26.1. The van der Waals surface area contributed by atoms with Gasteiger partial charge in [0.15, 0.2) is 0 Å². The number of para-hydroxylation sites is 1. The Hall–Kier alpha value is -3.27. The summed E-state index contributed by atoms with van der Waals surface area (Å²) >= 11 is 1.56. The van der Waals surface area contributed by atoms with Gasteiger partial charge < -0.3 is 25.6 Å². The lowest BCUT2D eigenvalue weighted by Crippen LogP contribution is -2.29. The summed E-state index contributed by atoms with van der Waals surface area (Å²) in [6.07, 6.45) is 0.649. The zero-order valence-corrected chi connectivity index (χ0v) is 22.3. The smallest absolute Gasteiger partial charge is 0.225 e. The molecule has 0 amide bonds. The molecule has 0 spiro atoms. The van der Waals surface area contributed by atoms with Crippen molar-refractivity contribution in [2.75, 3.05) is 24.4 Å². The molecule has 1 aliphatic carbocycles. The van der Waals surface area contributed by atoms with Crippen molar-refractivity contribution < 1.29 is 14.9 Å². The number of aliphatic hydroxyl groups excluding tert-OH is 2. The average molecular weight is 520 g/mol. The molecule has 2 aromatic heterocycles. The van der Waals surface area contributed by atoms with Crippen molar-refractivity contribution >= 4 is 33.3 Å². The number of anilines is 2. The molecule has 1 aliphatic rings. The molecule has 0 bridgehead atoms. The number of aromatic nitrogens is 3. The predicted octanol–water partition coefficient (Wildman–Crippen LogP) is 5.10. The third-order valence-electron chi connectivity index (χ3n) is 7.04. The second-order valence-electron chi connectivity index (χ2n) is 9.80. The van der Waals surface area contributed by atoms with Crippen LogP contribution in [0, 0.1) is 19.8 Å². The van der Waals surface area contributed by atoms with Gasteiger partial charge in [-0.3, -0.25) is 0 Å². The number of fused-ring (bicyclic) bond motifs is 1. The van der Waals surface area contributed by atoms with Gasteiger partial charge in [0.25, 0.3) is 0 Å². The predicted molar refractivity (Wildman–Crippen MR) is 148 cm³/mol. The van der Waals surface area contributed by atoms with E-state index < -0.39 is 6.10 Å². The van der Waals surface area contributed by atoms with E-state index in [1.807, 2.05) is 25.1 Å². The molecule has 0 radical (unpaired) electrons. The number of rotatable bonds is 8. The fourth-order valence-electron chi connectivity index (χ4n) is 4.92. The van der Waals surface area contributed by atoms with E-state index in [2.05, 4.69) is 48.7 Å². The number of aliphatic hydroxyl groups is 2. The summed E-state index contributed by atoms with van der Waals surface area (Å²) < 4.78 is 6.54. The first-order valence-electron chi connectivity index (χ1n) is 12.6. The summed E-state index contributed by atoms with van der Waals surface area (Å²) in [4.78, 5) is 14.6. The van der Waals surface area contributed by atoms with Crippen LogP contribution in [0.3, 0.4) is 0 Å². The molecule has 4 N–H and O–H groups in total. The lowest BCUT2D eigenvalue weighted by molar-refractivity contribution is 0.157. The minimum absolute atomic E-state index is 0.00116. The quantitative estimate of drug-likeness (QED) is 0.255. The Morgan fingerprint density at radius 2 is 1.86 bits per heavy atom. The number of hydrogen-bond acceptors (Lipinski definition) is 9. The Balaban J connectivity index is 1.54. The van der Waals surface area contributed by atoms with Crippen LogP contribution >= 0.6 is 11.3 Å². The van der Waals surface area contributed by atoms with Crippen molar-refractivity contribution in [3.63, 3.8) is 0 Å². The Bertz CT molecular complexity index is 1390. The highest BCUT2D eigenvalue weighted by Crippen LogP contribution is 2.40. The molecular weight excluding hydrogens is 486 g/mol. The van der Waals surface area contributed by atoms with Gasteiger partial charge in [0.1, 0.15) is 22.1 Å². The molecule has 8 nitrogen and oxygen atoms in total. The van der Waals surface area contributed by atoms with Gasteiger partial charge in [0, 0.05) is 6.61 Å². The maximum Gasteiger partial charge on any atom is 0.225 e. The van der Waals surface area contributed by atoms with Gasteiger partial charge in [-0.1, -0.05) is 35.9 Å². The van der Waals surface area contributed by atoms with Crippen molar-refractivity contribution in [1.82, 2.24) is 15.0 Å². The molecule has 9 heteroatoms. The van der Waals surface area contributed by atoms with E-state index in [-0.39, 0.29) is 24.6 Å². The van der Waals surface area contributed by atoms with Gasteiger partial charge in [-0.15, -0.1) is 11.3 Å². The van der Waals surface area contributed by atoms with Crippen molar-refractivity contribution in [3.05, 3.63) is 59.3 Å². The number of nitrogens with zero attached hydrogens (tertiary/aromatic N) is 3. The van der Waals surface area contributed by atoms with Crippen LogP contribution in [0.25, 0.3) is 20.8 Å². The Labute approximate surface area is 220 Å². The van der Waals surface area contributed by atoms with E-state index in [4.69, 9.17) is 19.7 Å². The fraction of sp³-hybridized carbons (Fsp3) is 0.393. The van der Waals surface area contributed by atoms with E-state index in [0.29, 0.717) is 24.6 Å². The summed E-state index contributed by atoms with van der Waals surface area (Å²) in [5.74, 6) is 1.90. The molecule has 1 saturated carbocycles. The van der Waals surface area contributed by atoms with Crippen molar-refractivity contribution in [1.29, 1.82) is 0 Å². The van der Waals surface area contributed by atoms with Gasteiger partial charge in [-0.2, -0.15) is 4.98 Å². The largest absolute Gasteiger partial charge is 0.494 e. The molecule has 1 fully saturated rings. The van der Waals surface area contributed by atoms with Crippen LogP contribution in [0.15, 0.2) is 42.5 Å². The molecular formula is C28H33N5O3S. The lowest BCUT2D eigenvalue weighted by atomic mass is 10.1. The zero-order valence-electron chi connectivity index (χ0n) is 21.5. The molecule has 37 heavy (non-hydrogen) atoms. The third kappa shape index (κ3) is 5.25. The van der Waals surface area contributed by atoms with Gasteiger partial charge in [-0.25, -0.2) is 9.97 Å². The van der Waals surface area contributed by atoms with E-state index in [1.54, 1.807) is 18.4 Å². The second kappa shape index (κ2) is 10.6. The third-order valence-corrected chi connectivity index (χ3v) is 8.07. The summed E-state index contributed by atoms with van der Waals surface area (Å²) in [7, 11) is 1.64. The van der Waals surface area contributed by atoms with E-state index >= 15 is 0 Å². The number of aryl methyl sites for hydroxylation is 2. The SMILES string of the molecule is COc1cccc2sc(-c3c(C)nc(N[C@H](C)c4ccc(C)cc4)nc3N[C@@H]3C[C@H](CO)C[C@H]3O)nc12. The molecule has 0 unspecified atom stereocenters. The van der Waals surface area contributed by atoms with Crippen LogP contribution in [0.1, 0.15) is 42.6 Å². The number of ether oxygens (including phenoxy) is 1. The maximum atomic E-state index is 10.7. The molecule has 2 heterocycles. The highest BCUT2D eigenvalue weighted by Gasteiger charge is 2.34. The Kier molecular flexibility index (Phi) is 7.28. The molecule has 5 rings (SSSR count). The number of methoxy groups -OCH3 is 1. The van der Waals surface area contributed by atoms with Crippen LogP contribution in [-0.4, -0.2) is 51.0 Å². The fourth-order valence-corrected chi connectivity index (χ4v) is 6.00. The molecule has 0 aliphatic heterocycles. The van der Waals surface area contributed by atoms with Crippen LogP contribution < -0.4 is 15.4 Å². The van der Waals surface area contributed by atoms with Crippen molar-refractivity contribution in [3.8, 4) is 16.3 Å².